The molecule has 1 amide bonds. The fourth-order valence-corrected chi connectivity index (χ4v) is 2.21. The lowest BCUT2D eigenvalue weighted by Gasteiger charge is -2.27. The summed E-state index contributed by atoms with van der Waals surface area (Å²) >= 11 is 1.37. The van der Waals surface area contributed by atoms with Crippen molar-refractivity contribution in [3.8, 4) is 0 Å². The van der Waals surface area contributed by atoms with E-state index in [0.717, 1.165) is 0 Å². The molecule has 19 heavy (non-hydrogen) atoms. The van der Waals surface area contributed by atoms with Crippen molar-refractivity contribution in [1.82, 2.24) is 9.88 Å². The summed E-state index contributed by atoms with van der Waals surface area (Å²) in [6.45, 7) is 3.47. The maximum atomic E-state index is 12.5. The third kappa shape index (κ3) is 3.96. The van der Waals surface area contributed by atoms with E-state index in [2.05, 4.69) is 4.98 Å². The second kappa shape index (κ2) is 7.13. The molecule has 0 aliphatic heterocycles. The molecule has 1 aromatic heterocycles. The van der Waals surface area contributed by atoms with Gasteiger partial charge in [0.25, 0.3) is 5.91 Å². The van der Waals surface area contributed by atoms with E-state index < -0.39 is 5.97 Å². The smallest absolute Gasteiger partial charge is 0.323 e. The molecule has 0 radical (unpaired) electrons. The van der Waals surface area contributed by atoms with Crippen molar-refractivity contribution < 1.29 is 14.7 Å². The molecule has 1 N–H and O–H groups in total. The van der Waals surface area contributed by atoms with Crippen LogP contribution < -0.4 is 0 Å². The number of carbonyl (C=O) groups is 2. The van der Waals surface area contributed by atoms with Crippen LogP contribution in [0.3, 0.4) is 0 Å². The zero-order valence-corrected chi connectivity index (χ0v) is 12.1. The first kappa shape index (κ1) is 15.5. The van der Waals surface area contributed by atoms with Crippen LogP contribution in [0.4, 0.5) is 0 Å². The quantitative estimate of drug-likeness (QED) is 0.809. The highest BCUT2D eigenvalue weighted by Gasteiger charge is 2.24. The van der Waals surface area contributed by atoms with Crippen LogP contribution >= 0.6 is 11.8 Å². The lowest BCUT2D eigenvalue weighted by molar-refractivity contribution is -0.138. The first-order chi connectivity index (χ1) is 9.01. The Hall–Kier alpha value is -1.56. The van der Waals surface area contributed by atoms with E-state index in [1.54, 1.807) is 18.3 Å². The fraction of sp³-hybridized carbons (Fsp3) is 0.462. The van der Waals surface area contributed by atoms with Crippen molar-refractivity contribution in [1.29, 1.82) is 0 Å². The maximum Gasteiger partial charge on any atom is 0.323 e. The molecule has 104 valence electrons. The van der Waals surface area contributed by atoms with Gasteiger partial charge in [-0.2, -0.15) is 0 Å². The van der Waals surface area contributed by atoms with Crippen LogP contribution in [0, 0.1) is 0 Å². The van der Waals surface area contributed by atoms with Crippen LogP contribution in [-0.2, 0) is 4.79 Å². The van der Waals surface area contributed by atoms with Crippen molar-refractivity contribution in [2.45, 2.75) is 31.3 Å². The van der Waals surface area contributed by atoms with Gasteiger partial charge in [0.05, 0.1) is 5.56 Å². The van der Waals surface area contributed by atoms with Crippen LogP contribution in [0.15, 0.2) is 23.4 Å². The van der Waals surface area contributed by atoms with Gasteiger partial charge < -0.3 is 10.0 Å². The van der Waals surface area contributed by atoms with Crippen LogP contribution in [0.1, 0.15) is 30.6 Å². The summed E-state index contributed by atoms with van der Waals surface area (Å²) in [5.41, 5.74) is 0.455. The maximum absolute atomic E-state index is 12.5. The first-order valence-electron chi connectivity index (χ1n) is 6.03. The van der Waals surface area contributed by atoms with Gasteiger partial charge in [0.15, 0.2) is 0 Å². The van der Waals surface area contributed by atoms with Crippen LogP contribution in [0.5, 0.6) is 0 Å². The minimum absolute atomic E-state index is 0.126. The predicted molar refractivity (Wildman–Crippen MR) is 74.4 cm³/mol. The molecular formula is C13H18N2O3S. The number of pyridine rings is 1. The summed E-state index contributed by atoms with van der Waals surface area (Å²) in [6.07, 6.45) is 4.16. The molecular weight excluding hydrogens is 264 g/mol. The zero-order chi connectivity index (χ0) is 14.4. The average Bonchev–Trinajstić information content (AvgIpc) is 2.42. The monoisotopic (exact) mass is 282 g/mol. The number of carbonyl (C=O) groups excluding carboxylic acids is 1. The van der Waals surface area contributed by atoms with Gasteiger partial charge in [-0.15, -0.1) is 11.8 Å². The van der Waals surface area contributed by atoms with E-state index in [9.17, 15) is 9.59 Å². The Kier molecular flexibility index (Phi) is 5.82. The van der Waals surface area contributed by atoms with Crippen LogP contribution in [-0.4, -0.2) is 45.7 Å². The van der Waals surface area contributed by atoms with Gasteiger partial charge in [-0.25, -0.2) is 4.98 Å². The number of thioether (sulfide) groups is 1. The molecule has 1 heterocycles. The van der Waals surface area contributed by atoms with Gasteiger partial charge in [-0.1, -0.05) is 6.92 Å². The minimum Gasteiger partial charge on any atom is -0.480 e. The summed E-state index contributed by atoms with van der Waals surface area (Å²) in [6, 6.07) is 3.24. The number of carboxylic acids is 1. The third-order valence-electron chi connectivity index (χ3n) is 2.88. The van der Waals surface area contributed by atoms with E-state index in [0.29, 0.717) is 17.0 Å². The highest BCUT2D eigenvalue weighted by atomic mass is 32.2. The number of rotatable bonds is 6. The molecule has 0 saturated heterocycles. The summed E-state index contributed by atoms with van der Waals surface area (Å²) in [5, 5.41) is 9.55. The van der Waals surface area contributed by atoms with Gasteiger partial charge in [0.1, 0.15) is 11.6 Å². The van der Waals surface area contributed by atoms with Gasteiger partial charge in [0.2, 0.25) is 0 Å². The number of amides is 1. The van der Waals surface area contributed by atoms with E-state index in [4.69, 9.17) is 5.11 Å². The second-order valence-corrected chi connectivity index (χ2v) is 4.94. The number of carboxylic acid groups (broad SMARTS) is 1. The molecule has 0 aromatic carbocycles. The molecule has 0 aliphatic carbocycles. The molecule has 6 heteroatoms. The van der Waals surface area contributed by atoms with Crippen molar-refractivity contribution >= 4 is 23.6 Å². The topological polar surface area (TPSA) is 70.5 Å². The van der Waals surface area contributed by atoms with Crippen LogP contribution in [0.25, 0.3) is 0 Å². The average molecular weight is 282 g/mol. The molecule has 0 fully saturated rings. The minimum atomic E-state index is -1.01. The number of aromatic nitrogens is 1. The fourth-order valence-electron chi connectivity index (χ4n) is 1.66. The van der Waals surface area contributed by atoms with E-state index in [1.165, 1.54) is 16.7 Å². The lowest BCUT2D eigenvalue weighted by Crippen LogP contribution is -2.42. The van der Waals surface area contributed by atoms with Crippen molar-refractivity contribution in [2.75, 3.05) is 12.8 Å². The molecule has 0 aliphatic rings. The predicted octanol–water partition coefficient (Wildman–Crippen LogP) is 2.13. The van der Waals surface area contributed by atoms with E-state index >= 15 is 0 Å². The number of aliphatic carboxylic acids is 1. The first-order valence-corrected chi connectivity index (χ1v) is 7.25. The van der Waals surface area contributed by atoms with Gasteiger partial charge in [-0.3, -0.25) is 9.59 Å². The summed E-state index contributed by atoms with van der Waals surface area (Å²) < 4.78 is 0. The number of hydrogen-bond donors (Lipinski definition) is 1. The second-order valence-electron chi connectivity index (χ2n) is 4.14. The molecule has 1 atom stereocenters. The van der Waals surface area contributed by atoms with Crippen molar-refractivity contribution in [3.05, 3.63) is 23.9 Å². The summed E-state index contributed by atoms with van der Waals surface area (Å²) in [7, 11) is 0. The highest BCUT2D eigenvalue weighted by molar-refractivity contribution is 7.98. The van der Waals surface area contributed by atoms with Gasteiger partial charge >= 0.3 is 5.97 Å². The molecule has 0 saturated carbocycles. The van der Waals surface area contributed by atoms with Crippen molar-refractivity contribution in [2.24, 2.45) is 0 Å². The Morgan fingerprint density at radius 3 is 2.74 bits per heavy atom. The molecule has 0 spiro atoms. The lowest BCUT2D eigenvalue weighted by atomic mass is 10.1. The standard InChI is InChI=1S/C13H18N2O3S/c1-4-9(2)15(8-11(16)17)13(18)10-6-5-7-14-12(10)19-3/h5-7,9H,4,8H2,1-3H3,(H,16,17). The summed E-state index contributed by atoms with van der Waals surface area (Å²) in [4.78, 5) is 28.9. The summed E-state index contributed by atoms with van der Waals surface area (Å²) in [5.74, 6) is -1.29. The Morgan fingerprint density at radius 2 is 2.21 bits per heavy atom. The zero-order valence-electron chi connectivity index (χ0n) is 11.3. The largest absolute Gasteiger partial charge is 0.480 e. The number of hydrogen-bond acceptors (Lipinski definition) is 4. The highest BCUT2D eigenvalue weighted by Crippen LogP contribution is 2.20. The Labute approximate surface area is 117 Å². The normalized spacial score (nSPS) is 11.9. The number of nitrogens with zero attached hydrogens (tertiary/aromatic N) is 2. The Balaban J connectivity index is 3.08. The van der Waals surface area contributed by atoms with Crippen LogP contribution in [0.2, 0.25) is 0 Å². The molecule has 1 rings (SSSR count). The molecule has 5 nitrogen and oxygen atoms in total. The Morgan fingerprint density at radius 1 is 1.53 bits per heavy atom. The Bertz CT molecular complexity index is 465. The van der Waals surface area contributed by atoms with E-state index in [1.807, 2.05) is 20.1 Å². The van der Waals surface area contributed by atoms with Gasteiger partial charge in [0, 0.05) is 12.2 Å². The SMILES string of the molecule is CCC(C)N(CC(=O)O)C(=O)c1cccnc1SC. The third-order valence-corrected chi connectivity index (χ3v) is 3.60. The molecule has 0 bridgehead atoms. The van der Waals surface area contributed by atoms with E-state index in [-0.39, 0.29) is 18.5 Å². The molecule has 1 aromatic rings. The van der Waals surface area contributed by atoms with Crippen molar-refractivity contribution in [3.63, 3.8) is 0 Å². The molecule has 1 unspecified atom stereocenters. The van der Waals surface area contributed by atoms with Gasteiger partial charge in [-0.05, 0) is 31.7 Å².